The van der Waals surface area contributed by atoms with Crippen molar-refractivity contribution in [2.24, 2.45) is 0 Å². The van der Waals surface area contributed by atoms with E-state index in [0.29, 0.717) is 11.3 Å². The first-order chi connectivity index (χ1) is 8.61. The molecule has 0 aromatic heterocycles. The van der Waals surface area contributed by atoms with Crippen molar-refractivity contribution in [3.63, 3.8) is 0 Å². The van der Waals surface area contributed by atoms with Crippen molar-refractivity contribution in [2.45, 2.75) is 6.92 Å². The molecule has 0 radical (unpaired) electrons. The molecule has 2 aromatic rings. The number of benzene rings is 2. The summed E-state index contributed by atoms with van der Waals surface area (Å²) in [6, 6.07) is 11.8. The largest absolute Gasteiger partial charge is 0.507 e. The molecule has 0 atom stereocenters. The molecule has 0 bridgehead atoms. The first kappa shape index (κ1) is 12.2. The number of hydrogen-bond acceptors (Lipinski definition) is 3. The number of phenolic OH excluding ortho intramolecular Hbond substituents is 1. The Morgan fingerprint density at radius 3 is 2.39 bits per heavy atom. The highest BCUT2D eigenvalue weighted by Crippen LogP contribution is 2.25. The summed E-state index contributed by atoms with van der Waals surface area (Å²) in [5, 5.41) is 9.74. The van der Waals surface area contributed by atoms with E-state index in [9.17, 15) is 9.90 Å². The molecule has 0 aliphatic rings. The molecular formula is C15H14O3. The van der Waals surface area contributed by atoms with Crippen LogP contribution < -0.4 is 4.74 Å². The van der Waals surface area contributed by atoms with Crippen LogP contribution in [-0.2, 0) is 0 Å². The monoisotopic (exact) mass is 242 g/mol. The van der Waals surface area contributed by atoms with Gasteiger partial charge in [0.2, 0.25) is 0 Å². The first-order valence-electron chi connectivity index (χ1n) is 5.60. The van der Waals surface area contributed by atoms with Crippen molar-refractivity contribution in [3.8, 4) is 11.5 Å². The van der Waals surface area contributed by atoms with E-state index in [1.54, 1.807) is 18.2 Å². The second kappa shape index (κ2) is 4.92. The Kier molecular flexibility index (Phi) is 3.33. The lowest BCUT2D eigenvalue weighted by molar-refractivity contribution is 0.103. The number of carbonyl (C=O) groups excluding carboxylic acids is 1. The predicted octanol–water partition coefficient (Wildman–Crippen LogP) is 2.94. The third kappa shape index (κ3) is 2.35. The van der Waals surface area contributed by atoms with Gasteiger partial charge >= 0.3 is 0 Å². The lowest BCUT2D eigenvalue weighted by Crippen LogP contribution is -2.02. The fourth-order valence-corrected chi connectivity index (χ4v) is 1.68. The van der Waals surface area contributed by atoms with Gasteiger partial charge in [0.25, 0.3) is 0 Å². The summed E-state index contributed by atoms with van der Waals surface area (Å²) >= 11 is 0. The van der Waals surface area contributed by atoms with Crippen LogP contribution in [0.25, 0.3) is 0 Å². The normalized spacial score (nSPS) is 10.1. The smallest absolute Gasteiger partial charge is 0.196 e. The Balaban J connectivity index is 2.42. The molecule has 92 valence electrons. The van der Waals surface area contributed by atoms with Crippen LogP contribution >= 0.6 is 0 Å². The van der Waals surface area contributed by atoms with Crippen molar-refractivity contribution >= 4 is 5.78 Å². The summed E-state index contributed by atoms with van der Waals surface area (Å²) in [5.74, 6) is 0.288. The van der Waals surface area contributed by atoms with Crippen molar-refractivity contribution in [1.82, 2.24) is 0 Å². The molecule has 0 unspecified atom stereocenters. The summed E-state index contributed by atoms with van der Waals surface area (Å²) < 4.78 is 5.05. The molecule has 0 saturated carbocycles. The molecule has 0 saturated heterocycles. The summed E-state index contributed by atoms with van der Waals surface area (Å²) in [7, 11) is 1.52. The Labute approximate surface area is 106 Å². The van der Waals surface area contributed by atoms with Gasteiger partial charge in [0.15, 0.2) is 5.78 Å². The highest BCUT2D eigenvalue weighted by Gasteiger charge is 2.14. The van der Waals surface area contributed by atoms with Crippen LogP contribution in [0.1, 0.15) is 21.5 Å². The maximum absolute atomic E-state index is 12.2. The van der Waals surface area contributed by atoms with Crippen LogP contribution in [-0.4, -0.2) is 18.0 Å². The number of aryl methyl sites for hydroxylation is 1. The number of carbonyl (C=O) groups is 1. The average Bonchev–Trinajstić information content (AvgIpc) is 2.39. The van der Waals surface area contributed by atoms with Crippen LogP contribution in [0, 0.1) is 6.92 Å². The van der Waals surface area contributed by atoms with Gasteiger partial charge in [0, 0.05) is 5.56 Å². The molecule has 2 rings (SSSR count). The number of phenols is 1. The minimum absolute atomic E-state index is 0.0404. The third-order valence-electron chi connectivity index (χ3n) is 2.76. The highest BCUT2D eigenvalue weighted by molar-refractivity contribution is 6.10. The Bertz CT molecular complexity index is 571. The fraction of sp³-hybridized carbons (Fsp3) is 0.133. The topological polar surface area (TPSA) is 46.5 Å². The molecule has 3 heteroatoms. The number of ketones is 1. The molecule has 0 aliphatic carbocycles. The summed E-state index contributed by atoms with van der Waals surface area (Å²) in [6.07, 6.45) is 0. The first-order valence-corrected chi connectivity index (χ1v) is 5.60. The zero-order valence-corrected chi connectivity index (χ0v) is 10.3. The third-order valence-corrected chi connectivity index (χ3v) is 2.76. The SMILES string of the molecule is COc1ccc(O)c(C(=O)c2ccc(C)cc2)c1. The standard InChI is InChI=1S/C15H14O3/c1-10-3-5-11(6-4-10)15(17)13-9-12(18-2)7-8-14(13)16/h3-9,16H,1-2H3. The summed E-state index contributed by atoms with van der Waals surface area (Å²) in [6.45, 7) is 1.96. The number of rotatable bonds is 3. The van der Waals surface area contributed by atoms with Crippen LogP contribution in [0.15, 0.2) is 42.5 Å². The average molecular weight is 242 g/mol. The second-order valence-electron chi connectivity index (χ2n) is 4.08. The molecule has 0 heterocycles. The van der Waals surface area contributed by atoms with Gasteiger partial charge in [0.05, 0.1) is 12.7 Å². The van der Waals surface area contributed by atoms with Crippen molar-refractivity contribution in [1.29, 1.82) is 0 Å². The number of methoxy groups -OCH3 is 1. The van der Waals surface area contributed by atoms with E-state index in [4.69, 9.17) is 4.74 Å². The van der Waals surface area contributed by atoms with Crippen LogP contribution in [0.4, 0.5) is 0 Å². The molecule has 0 fully saturated rings. The second-order valence-corrected chi connectivity index (χ2v) is 4.08. The quantitative estimate of drug-likeness (QED) is 0.842. The lowest BCUT2D eigenvalue weighted by atomic mass is 10.0. The Morgan fingerprint density at radius 2 is 1.78 bits per heavy atom. The summed E-state index contributed by atoms with van der Waals surface area (Å²) in [4.78, 5) is 12.2. The van der Waals surface area contributed by atoms with Crippen LogP contribution in [0.3, 0.4) is 0 Å². The van der Waals surface area contributed by atoms with Gasteiger partial charge in [-0.15, -0.1) is 0 Å². The number of ether oxygens (including phenoxy) is 1. The van der Waals surface area contributed by atoms with E-state index in [1.807, 2.05) is 19.1 Å². The predicted molar refractivity (Wildman–Crippen MR) is 69.3 cm³/mol. The van der Waals surface area contributed by atoms with Gasteiger partial charge in [-0.25, -0.2) is 0 Å². The Morgan fingerprint density at radius 1 is 1.11 bits per heavy atom. The zero-order chi connectivity index (χ0) is 13.1. The zero-order valence-electron chi connectivity index (χ0n) is 10.3. The molecule has 0 spiro atoms. The molecule has 1 N–H and O–H groups in total. The lowest BCUT2D eigenvalue weighted by Gasteiger charge is -2.06. The molecular weight excluding hydrogens is 228 g/mol. The van der Waals surface area contributed by atoms with E-state index in [0.717, 1.165) is 5.56 Å². The minimum atomic E-state index is -0.216. The van der Waals surface area contributed by atoms with Gasteiger partial charge in [-0.1, -0.05) is 29.8 Å². The van der Waals surface area contributed by atoms with Gasteiger partial charge in [-0.05, 0) is 25.1 Å². The van der Waals surface area contributed by atoms with E-state index in [1.165, 1.54) is 19.2 Å². The van der Waals surface area contributed by atoms with E-state index in [-0.39, 0.29) is 17.1 Å². The van der Waals surface area contributed by atoms with E-state index < -0.39 is 0 Å². The summed E-state index contributed by atoms with van der Waals surface area (Å²) in [5.41, 5.74) is 1.88. The van der Waals surface area contributed by atoms with Crippen LogP contribution in [0.2, 0.25) is 0 Å². The maximum Gasteiger partial charge on any atom is 0.196 e. The van der Waals surface area contributed by atoms with Crippen LogP contribution in [0.5, 0.6) is 11.5 Å². The van der Waals surface area contributed by atoms with Crippen molar-refractivity contribution < 1.29 is 14.6 Å². The minimum Gasteiger partial charge on any atom is -0.507 e. The van der Waals surface area contributed by atoms with E-state index >= 15 is 0 Å². The van der Waals surface area contributed by atoms with Crippen molar-refractivity contribution in [3.05, 3.63) is 59.2 Å². The van der Waals surface area contributed by atoms with E-state index in [2.05, 4.69) is 0 Å². The molecule has 0 amide bonds. The van der Waals surface area contributed by atoms with Crippen molar-refractivity contribution in [2.75, 3.05) is 7.11 Å². The number of hydrogen-bond donors (Lipinski definition) is 1. The van der Waals surface area contributed by atoms with Gasteiger partial charge in [0.1, 0.15) is 11.5 Å². The molecule has 3 nitrogen and oxygen atoms in total. The maximum atomic E-state index is 12.2. The Hall–Kier alpha value is -2.29. The fourth-order valence-electron chi connectivity index (χ4n) is 1.68. The molecule has 0 aliphatic heterocycles. The highest BCUT2D eigenvalue weighted by atomic mass is 16.5. The molecule has 2 aromatic carbocycles. The molecule has 18 heavy (non-hydrogen) atoms. The van der Waals surface area contributed by atoms with Gasteiger partial charge in [-0.3, -0.25) is 4.79 Å². The van der Waals surface area contributed by atoms with Gasteiger partial charge < -0.3 is 9.84 Å². The van der Waals surface area contributed by atoms with Gasteiger partial charge in [-0.2, -0.15) is 0 Å². The number of aromatic hydroxyl groups is 1.